The van der Waals surface area contributed by atoms with Crippen LogP contribution in [0.4, 0.5) is 5.69 Å². The van der Waals surface area contributed by atoms with Crippen LogP contribution in [-0.2, 0) is 12.0 Å². The summed E-state index contributed by atoms with van der Waals surface area (Å²) in [6, 6.07) is 17.3. The second-order valence-corrected chi connectivity index (χ2v) is 5.39. The summed E-state index contributed by atoms with van der Waals surface area (Å²) in [5.41, 5.74) is 2.76. The van der Waals surface area contributed by atoms with E-state index in [1.54, 1.807) is 12.1 Å². The quantitative estimate of drug-likeness (QED) is 0.877. The minimum atomic E-state index is -0.979. The third-order valence-electron chi connectivity index (χ3n) is 4.05. The molecule has 2 atom stereocenters. The molecule has 2 aromatic rings. The number of rotatable bonds is 2. The van der Waals surface area contributed by atoms with Gasteiger partial charge in [0.25, 0.3) is 0 Å². The van der Waals surface area contributed by atoms with Crippen LogP contribution in [0.3, 0.4) is 0 Å². The maximum Gasteiger partial charge on any atom is 0.107 e. The van der Waals surface area contributed by atoms with E-state index in [2.05, 4.69) is 17.5 Å². The van der Waals surface area contributed by atoms with Gasteiger partial charge in [0.2, 0.25) is 0 Å². The number of benzene rings is 2. The zero-order chi connectivity index (χ0) is 14.2. The van der Waals surface area contributed by atoms with Crippen LogP contribution in [0.1, 0.15) is 23.6 Å². The summed E-state index contributed by atoms with van der Waals surface area (Å²) in [7, 11) is 0. The first-order valence-electron chi connectivity index (χ1n) is 6.69. The van der Waals surface area contributed by atoms with E-state index in [0.717, 1.165) is 17.7 Å². The average molecular weight is 264 g/mol. The van der Waals surface area contributed by atoms with E-state index in [4.69, 9.17) is 5.26 Å². The molecule has 1 aliphatic heterocycles. The van der Waals surface area contributed by atoms with Gasteiger partial charge < -0.3 is 10.4 Å². The van der Waals surface area contributed by atoms with Gasteiger partial charge in [-0.05, 0) is 42.7 Å². The topological polar surface area (TPSA) is 56.0 Å². The van der Waals surface area contributed by atoms with Crippen molar-refractivity contribution in [3.63, 3.8) is 0 Å². The minimum Gasteiger partial charge on any atom is -0.383 e. The number of aliphatic hydroxyl groups is 1. The van der Waals surface area contributed by atoms with Gasteiger partial charge >= 0.3 is 0 Å². The molecule has 2 unspecified atom stereocenters. The standard InChI is InChI=1S/C17H16N2O/c1-17(20,14-8-6-12(11-18)7-9-14)16-10-13-4-2-3-5-15(13)19-16/h2-9,16,19-20H,10H2,1H3. The fourth-order valence-corrected chi connectivity index (χ4v) is 2.72. The Morgan fingerprint density at radius 3 is 2.55 bits per heavy atom. The lowest BCUT2D eigenvalue weighted by atomic mass is 9.86. The zero-order valence-corrected chi connectivity index (χ0v) is 11.3. The monoisotopic (exact) mass is 264 g/mol. The molecule has 0 saturated heterocycles. The van der Waals surface area contributed by atoms with Crippen LogP contribution in [0.2, 0.25) is 0 Å². The molecule has 0 saturated carbocycles. The van der Waals surface area contributed by atoms with Crippen molar-refractivity contribution in [2.75, 3.05) is 5.32 Å². The van der Waals surface area contributed by atoms with Crippen molar-refractivity contribution in [2.45, 2.75) is 25.0 Å². The molecular weight excluding hydrogens is 248 g/mol. The molecule has 0 fully saturated rings. The first-order chi connectivity index (χ1) is 9.61. The molecule has 0 spiro atoms. The highest BCUT2D eigenvalue weighted by Crippen LogP contribution is 2.35. The number of anilines is 1. The molecule has 3 heteroatoms. The number of hydrogen-bond acceptors (Lipinski definition) is 3. The Kier molecular flexibility index (Phi) is 2.96. The van der Waals surface area contributed by atoms with E-state index < -0.39 is 5.60 Å². The molecule has 0 aliphatic carbocycles. The molecule has 100 valence electrons. The van der Waals surface area contributed by atoms with Gasteiger partial charge in [-0.1, -0.05) is 30.3 Å². The summed E-state index contributed by atoms with van der Waals surface area (Å²) >= 11 is 0. The van der Waals surface area contributed by atoms with Crippen LogP contribution < -0.4 is 5.32 Å². The van der Waals surface area contributed by atoms with E-state index in [1.165, 1.54) is 5.56 Å². The fourth-order valence-electron chi connectivity index (χ4n) is 2.72. The smallest absolute Gasteiger partial charge is 0.107 e. The Morgan fingerprint density at radius 1 is 1.20 bits per heavy atom. The molecule has 0 aromatic heterocycles. The van der Waals surface area contributed by atoms with Crippen LogP contribution in [0, 0.1) is 11.3 Å². The molecule has 2 N–H and O–H groups in total. The van der Waals surface area contributed by atoms with Crippen LogP contribution in [0.15, 0.2) is 48.5 Å². The van der Waals surface area contributed by atoms with Gasteiger partial charge in [0, 0.05) is 5.69 Å². The van der Waals surface area contributed by atoms with Crippen LogP contribution in [0.25, 0.3) is 0 Å². The molecular formula is C17H16N2O. The van der Waals surface area contributed by atoms with Crippen LogP contribution in [0.5, 0.6) is 0 Å². The molecule has 1 aliphatic rings. The molecule has 1 heterocycles. The summed E-state index contributed by atoms with van der Waals surface area (Å²) in [5, 5.41) is 23.1. The number of fused-ring (bicyclic) bond motifs is 1. The summed E-state index contributed by atoms with van der Waals surface area (Å²) < 4.78 is 0. The molecule has 2 aromatic carbocycles. The van der Waals surface area contributed by atoms with Crippen molar-refractivity contribution >= 4 is 5.69 Å². The van der Waals surface area contributed by atoms with Gasteiger partial charge in [-0.15, -0.1) is 0 Å². The number of para-hydroxylation sites is 1. The van der Waals surface area contributed by atoms with Gasteiger partial charge in [-0.25, -0.2) is 0 Å². The van der Waals surface area contributed by atoms with Gasteiger partial charge in [0.1, 0.15) is 5.60 Å². The van der Waals surface area contributed by atoms with Crippen molar-refractivity contribution < 1.29 is 5.11 Å². The summed E-state index contributed by atoms with van der Waals surface area (Å²) in [4.78, 5) is 0. The predicted octanol–water partition coefficient (Wildman–Crippen LogP) is 2.80. The highest BCUT2D eigenvalue weighted by molar-refractivity contribution is 5.58. The molecule has 0 bridgehead atoms. The number of hydrogen-bond donors (Lipinski definition) is 2. The molecule has 3 rings (SSSR count). The maximum absolute atomic E-state index is 10.9. The maximum atomic E-state index is 10.9. The third-order valence-corrected chi connectivity index (χ3v) is 4.05. The first kappa shape index (κ1) is 12.7. The minimum absolute atomic E-state index is 0.0622. The SMILES string of the molecule is CC(O)(c1ccc(C#N)cc1)C1Cc2ccccc2N1. The highest BCUT2D eigenvalue weighted by atomic mass is 16.3. The lowest BCUT2D eigenvalue weighted by Gasteiger charge is -2.31. The lowest BCUT2D eigenvalue weighted by molar-refractivity contribution is 0.0381. The fraction of sp³-hybridized carbons (Fsp3) is 0.235. The average Bonchev–Trinajstić information content (AvgIpc) is 2.92. The Bertz CT molecular complexity index is 643. The Hall–Kier alpha value is -2.31. The van der Waals surface area contributed by atoms with Crippen molar-refractivity contribution in [1.82, 2.24) is 0 Å². The number of nitriles is 1. The normalized spacial score (nSPS) is 19.6. The Labute approximate surface area is 118 Å². The molecule has 0 amide bonds. The second-order valence-electron chi connectivity index (χ2n) is 5.39. The Morgan fingerprint density at radius 2 is 1.90 bits per heavy atom. The third kappa shape index (κ3) is 2.04. The first-order valence-corrected chi connectivity index (χ1v) is 6.69. The second kappa shape index (κ2) is 4.66. The molecule has 3 nitrogen and oxygen atoms in total. The summed E-state index contributed by atoms with van der Waals surface area (Å²) in [6.45, 7) is 1.82. The summed E-state index contributed by atoms with van der Waals surface area (Å²) in [6.07, 6.45) is 0.795. The van der Waals surface area contributed by atoms with E-state index in [9.17, 15) is 5.11 Å². The van der Waals surface area contributed by atoms with Gasteiger partial charge in [0.15, 0.2) is 0 Å². The van der Waals surface area contributed by atoms with Crippen molar-refractivity contribution in [2.24, 2.45) is 0 Å². The number of nitrogens with one attached hydrogen (secondary N) is 1. The van der Waals surface area contributed by atoms with Crippen LogP contribution >= 0.6 is 0 Å². The van der Waals surface area contributed by atoms with Crippen molar-refractivity contribution in [1.29, 1.82) is 5.26 Å². The molecule has 20 heavy (non-hydrogen) atoms. The van der Waals surface area contributed by atoms with Crippen molar-refractivity contribution in [3.05, 3.63) is 65.2 Å². The highest BCUT2D eigenvalue weighted by Gasteiger charge is 2.37. The zero-order valence-electron chi connectivity index (χ0n) is 11.3. The largest absolute Gasteiger partial charge is 0.383 e. The van der Waals surface area contributed by atoms with E-state index >= 15 is 0 Å². The summed E-state index contributed by atoms with van der Waals surface area (Å²) in [5.74, 6) is 0. The van der Waals surface area contributed by atoms with E-state index in [1.807, 2.05) is 37.3 Å². The van der Waals surface area contributed by atoms with Crippen molar-refractivity contribution in [3.8, 4) is 6.07 Å². The van der Waals surface area contributed by atoms with Gasteiger partial charge in [-0.3, -0.25) is 0 Å². The van der Waals surface area contributed by atoms with Gasteiger partial charge in [0.05, 0.1) is 17.7 Å². The van der Waals surface area contributed by atoms with E-state index in [-0.39, 0.29) is 6.04 Å². The van der Waals surface area contributed by atoms with E-state index in [0.29, 0.717) is 5.56 Å². The Balaban J connectivity index is 1.88. The molecule has 0 radical (unpaired) electrons. The van der Waals surface area contributed by atoms with Crippen LogP contribution in [-0.4, -0.2) is 11.1 Å². The predicted molar refractivity (Wildman–Crippen MR) is 78.3 cm³/mol. The number of nitrogens with zero attached hydrogens (tertiary/aromatic N) is 1. The van der Waals surface area contributed by atoms with Gasteiger partial charge in [-0.2, -0.15) is 5.26 Å². The lowest BCUT2D eigenvalue weighted by Crippen LogP contribution is -2.40.